The van der Waals surface area contributed by atoms with Crippen molar-refractivity contribution >= 4 is 11.4 Å². The molecule has 1 aliphatic heterocycles. The van der Waals surface area contributed by atoms with E-state index in [-0.39, 0.29) is 17.8 Å². The molecule has 0 bridgehead atoms. The molecule has 0 radical (unpaired) electrons. The Labute approximate surface area is 117 Å². The lowest BCUT2D eigenvalue weighted by molar-refractivity contribution is -0.385. The maximum atomic E-state index is 12.7. The number of alkyl halides is 3. The number of nitrogens with zero attached hydrogens (tertiary/aromatic N) is 3. The van der Waals surface area contributed by atoms with Gasteiger partial charge in [-0.15, -0.1) is 0 Å². The molecule has 0 unspecified atom stereocenters. The summed E-state index contributed by atoms with van der Waals surface area (Å²) in [5.41, 5.74) is -3.22. The van der Waals surface area contributed by atoms with Gasteiger partial charge in [0.05, 0.1) is 11.5 Å². The second kappa shape index (κ2) is 4.89. The van der Waals surface area contributed by atoms with Crippen LogP contribution < -0.4 is 4.90 Å². The third-order valence-electron chi connectivity index (χ3n) is 3.44. The van der Waals surface area contributed by atoms with Crippen molar-refractivity contribution in [3.05, 3.63) is 33.9 Å². The first-order valence-electron chi connectivity index (χ1n) is 5.90. The molecule has 1 aromatic carbocycles. The van der Waals surface area contributed by atoms with E-state index < -0.39 is 35.4 Å². The summed E-state index contributed by atoms with van der Waals surface area (Å²) in [5.74, 6) is 0. The van der Waals surface area contributed by atoms with E-state index in [4.69, 9.17) is 5.26 Å². The lowest BCUT2D eigenvalue weighted by atomic mass is 10.0. The summed E-state index contributed by atoms with van der Waals surface area (Å²) in [5, 5.41) is 29.2. The molecule has 0 amide bonds. The third-order valence-corrected chi connectivity index (χ3v) is 3.44. The van der Waals surface area contributed by atoms with E-state index in [1.165, 1.54) is 11.0 Å². The van der Waals surface area contributed by atoms with Gasteiger partial charge in [0.2, 0.25) is 0 Å². The molecule has 2 rings (SSSR count). The zero-order chi connectivity index (χ0) is 15.8. The molecule has 0 aromatic heterocycles. The fourth-order valence-corrected chi connectivity index (χ4v) is 2.22. The predicted octanol–water partition coefficient (Wildman–Crippen LogP) is 1.97. The van der Waals surface area contributed by atoms with Gasteiger partial charge in [-0.1, -0.05) is 0 Å². The topological polar surface area (TPSA) is 90.4 Å². The molecule has 1 N–H and O–H groups in total. The van der Waals surface area contributed by atoms with Crippen molar-refractivity contribution < 1.29 is 23.2 Å². The molecule has 1 aromatic rings. The average molecular weight is 301 g/mol. The summed E-state index contributed by atoms with van der Waals surface area (Å²) in [6.45, 7) is -0.724. The van der Waals surface area contributed by atoms with Crippen molar-refractivity contribution in [2.45, 2.75) is 18.2 Å². The van der Waals surface area contributed by atoms with Crippen molar-refractivity contribution in [1.82, 2.24) is 0 Å². The van der Waals surface area contributed by atoms with Crippen molar-refractivity contribution in [3.8, 4) is 6.07 Å². The fourth-order valence-electron chi connectivity index (χ4n) is 2.22. The van der Waals surface area contributed by atoms with Gasteiger partial charge < -0.3 is 10.0 Å². The summed E-state index contributed by atoms with van der Waals surface area (Å²) >= 11 is 0. The zero-order valence-corrected chi connectivity index (χ0v) is 10.6. The van der Waals surface area contributed by atoms with Gasteiger partial charge in [0.1, 0.15) is 11.6 Å². The smallest absolute Gasteiger partial charge is 0.379 e. The monoisotopic (exact) mass is 301 g/mol. The molecule has 1 heterocycles. The van der Waals surface area contributed by atoms with Crippen LogP contribution in [0.4, 0.5) is 24.5 Å². The first-order chi connectivity index (χ1) is 9.68. The lowest BCUT2D eigenvalue weighted by Crippen LogP contribution is -2.47. The molecule has 1 aliphatic rings. The highest BCUT2D eigenvalue weighted by Crippen LogP contribution is 2.39. The Hall–Kier alpha value is -2.34. The van der Waals surface area contributed by atoms with Crippen molar-refractivity contribution in [3.63, 3.8) is 0 Å². The van der Waals surface area contributed by atoms with Crippen LogP contribution in [0.2, 0.25) is 0 Å². The highest BCUT2D eigenvalue weighted by molar-refractivity contribution is 5.60. The maximum Gasteiger partial charge on any atom is 0.418 e. The van der Waals surface area contributed by atoms with Gasteiger partial charge in [-0.25, -0.2) is 0 Å². The molecule has 0 spiro atoms. The van der Waals surface area contributed by atoms with Gasteiger partial charge in [-0.2, -0.15) is 18.4 Å². The highest BCUT2D eigenvalue weighted by atomic mass is 19.4. The van der Waals surface area contributed by atoms with Crippen LogP contribution in [0.1, 0.15) is 12.0 Å². The van der Waals surface area contributed by atoms with Gasteiger partial charge in [0.15, 0.2) is 5.60 Å². The standard InChI is InChI=1S/C12H10F3N3O3/c13-12(14,15)11(19)3-4-17(7-11)9-1-2-10(18(20)21)8(5-9)6-16/h1-2,5,19H,3-4,7H2/t11-/m0/s1. The normalized spacial score (nSPS) is 22.1. The van der Waals surface area contributed by atoms with Gasteiger partial charge in [0.25, 0.3) is 5.69 Å². The van der Waals surface area contributed by atoms with E-state index in [9.17, 15) is 28.4 Å². The van der Waals surface area contributed by atoms with Crippen LogP contribution in [0.15, 0.2) is 18.2 Å². The average Bonchev–Trinajstić information content (AvgIpc) is 2.81. The second-order valence-corrected chi connectivity index (χ2v) is 4.77. The molecule has 112 valence electrons. The number of aliphatic hydroxyl groups is 1. The molecular weight excluding hydrogens is 291 g/mol. The van der Waals surface area contributed by atoms with Crippen LogP contribution in [0.3, 0.4) is 0 Å². The van der Waals surface area contributed by atoms with Crippen LogP contribution in [-0.2, 0) is 0 Å². The number of nitro groups is 1. The zero-order valence-electron chi connectivity index (χ0n) is 10.6. The van der Waals surface area contributed by atoms with Gasteiger partial charge >= 0.3 is 6.18 Å². The van der Waals surface area contributed by atoms with Crippen LogP contribution in [0, 0.1) is 21.4 Å². The fraction of sp³-hybridized carbons (Fsp3) is 0.417. The summed E-state index contributed by atoms with van der Waals surface area (Å²) in [7, 11) is 0. The minimum absolute atomic E-state index is 0.0569. The molecule has 1 fully saturated rings. The van der Waals surface area contributed by atoms with Gasteiger partial charge in [0, 0.05) is 24.7 Å². The van der Waals surface area contributed by atoms with Gasteiger partial charge in [-0.05, 0) is 12.1 Å². The first-order valence-corrected chi connectivity index (χ1v) is 5.90. The van der Waals surface area contributed by atoms with Crippen molar-refractivity contribution in [2.75, 3.05) is 18.0 Å². The number of halogens is 3. The highest BCUT2D eigenvalue weighted by Gasteiger charge is 2.57. The van der Waals surface area contributed by atoms with E-state index in [2.05, 4.69) is 0 Å². The number of rotatable bonds is 2. The van der Waals surface area contributed by atoms with Crippen LogP contribution in [0.5, 0.6) is 0 Å². The molecule has 21 heavy (non-hydrogen) atoms. The van der Waals surface area contributed by atoms with Crippen LogP contribution >= 0.6 is 0 Å². The van der Waals surface area contributed by atoms with E-state index in [1.54, 1.807) is 6.07 Å². The molecule has 1 atom stereocenters. The SMILES string of the molecule is N#Cc1cc(N2CC[C@@](O)(C(F)(F)F)C2)ccc1[N+](=O)[O-]. The molecule has 0 aliphatic carbocycles. The number of hydrogen-bond acceptors (Lipinski definition) is 5. The molecule has 0 saturated carbocycles. The second-order valence-electron chi connectivity index (χ2n) is 4.77. The minimum atomic E-state index is -4.75. The van der Waals surface area contributed by atoms with Crippen LogP contribution in [0.25, 0.3) is 0 Å². The number of benzene rings is 1. The van der Waals surface area contributed by atoms with Crippen LogP contribution in [-0.4, -0.2) is 34.9 Å². The number of hydrogen-bond donors (Lipinski definition) is 1. The molecule has 9 heteroatoms. The Bertz CT molecular complexity index is 626. The Morgan fingerprint density at radius 1 is 1.48 bits per heavy atom. The summed E-state index contributed by atoms with van der Waals surface area (Å²) in [6.07, 6.45) is -5.24. The Morgan fingerprint density at radius 3 is 2.62 bits per heavy atom. The Kier molecular flexibility index (Phi) is 3.51. The largest absolute Gasteiger partial charge is 0.418 e. The van der Waals surface area contributed by atoms with E-state index in [0.717, 1.165) is 12.1 Å². The van der Waals surface area contributed by atoms with Crippen molar-refractivity contribution in [1.29, 1.82) is 5.26 Å². The minimum Gasteiger partial charge on any atom is -0.379 e. The summed E-state index contributed by atoms with van der Waals surface area (Å²) in [6, 6.07) is 5.12. The van der Waals surface area contributed by atoms with Gasteiger partial charge in [-0.3, -0.25) is 10.1 Å². The molecule has 1 saturated heterocycles. The first kappa shape index (κ1) is 15.1. The number of β-amino-alcohol motifs (C(OH)–C–C–N with tert-alkyl or cyclic N) is 1. The maximum absolute atomic E-state index is 12.7. The predicted molar refractivity (Wildman–Crippen MR) is 65.6 cm³/mol. The Balaban J connectivity index is 2.30. The van der Waals surface area contributed by atoms with E-state index in [1.807, 2.05) is 0 Å². The number of nitriles is 1. The number of nitro benzene ring substituents is 1. The molecular formula is C12H10F3N3O3. The third kappa shape index (κ3) is 2.62. The molecule has 6 nitrogen and oxygen atoms in total. The lowest BCUT2D eigenvalue weighted by Gasteiger charge is -2.26. The number of anilines is 1. The quantitative estimate of drug-likeness (QED) is 0.666. The van der Waals surface area contributed by atoms with E-state index >= 15 is 0 Å². The summed E-state index contributed by atoms with van der Waals surface area (Å²) < 4.78 is 38.2. The summed E-state index contributed by atoms with van der Waals surface area (Å²) in [4.78, 5) is 11.2. The van der Waals surface area contributed by atoms with Crippen molar-refractivity contribution in [2.24, 2.45) is 0 Å². The Morgan fingerprint density at radius 2 is 2.14 bits per heavy atom. The van der Waals surface area contributed by atoms with E-state index in [0.29, 0.717) is 0 Å².